The molecule has 1 N–H and O–H groups in total. The van der Waals surface area contributed by atoms with Gasteiger partial charge in [-0.2, -0.15) is 0 Å². The molecule has 0 unspecified atom stereocenters. The molecule has 0 saturated heterocycles. The summed E-state index contributed by atoms with van der Waals surface area (Å²) in [5.41, 5.74) is -0.122. The fraction of sp³-hybridized carbons (Fsp3) is 0.273. The largest absolute Gasteiger partial charge is 0.465 e. The van der Waals surface area contributed by atoms with Crippen LogP contribution in [0.15, 0.2) is 22.7 Å². The van der Waals surface area contributed by atoms with Gasteiger partial charge in [0.1, 0.15) is 6.54 Å². The van der Waals surface area contributed by atoms with Crippen molar-refractivity contribution in [3.8, 4) is 0 Å². The van der Waals surface area contributed by atoms with Crippen LogP contribution in [-0.4, -0.2) is 30.0 Å². The highest BCUT2D eigenvalue weighted by Crippen LogP contribution is 2.25. The predicted octanol–water partition coefficient (Wildman–Crippen LogP) is 1.65. The number of carbonyl (C=O) groups is 2. The Morgan fingerprint density at radius 2 is 2.16 bits per heavy atom. The molecule has 102 valence electrons. The molecule has 0 saturated carbocycles. The van der Waals surface area contributed by atoms with Crippen molar-refractivity contribution in [1.29, 1.82) is 0 Å². The molecule has 0 bridgehead atoms. The van der Waals surface area contributed by atoms with Crippen molar-refractivity contribution in [2.24, 2.45) is 0 Å². The molecule has 0 aromatic heterocycles. The molecule has 1 rings (SSSR count). The Labute approximate surface area is 117 Å². The Kier molecular flexibility index (Phi) is 5.43. The number of hydrogen-bond acceptors (Lipinski definition) is 5. The van der Waals surface area contributed by atoms with E-state index in [1.807, 2.05) is 0 Å². The lowest BCUT2D eigenvalue weighted by atomic mass is 10.2. The molecular weight excluding hydrogens is 320 g/mol. The van der Waals surface area contributed by atoms with E-state index in [9.17, 15) is 19.7 Å². The second-order valence-electron chi connectivity index (χ2n) is 3.41. The highest BCUT2D eigenvalue weighted by Gasteiger charge is 2.16. The normalized spacial score (nSPS) is 9.79. The Morgan fingerprint density at radius 3 is 2.74 bits per heavy atom. The average molecular weight is 331 g/mol. The summed E-state index contributed by atoms with van der Waals surface area (Å²) in [6.45, 7) is 1.59. The van der Waals surface area contributed by atoms with Gasteiger partial charge in [-0.25, -0.2) is 0 Å². The van der Waals surface area contributed by atoms with Gasteiger partial charge < -0.3 is 10.1 Å². The maximum absolute atomic E-state index is 11.7. The van der Waals surface area contributed by atoms with Crippen LogP contribution in [-0.2, 0) is 9.53 Å². The quantitative estimate of drug-likeness (QED) is 0.502. The third-order valence-corrected chi connectivity index (χ3v) is 2.77. The third-order valence-electron chi connectivity index (χ3n) is 2.10. The standard InChI is InChI=1S/C11H11BrN2O5/c1-2-19-10(15)6-13-11(16)7-3-4-8(12)9(5-7)14(17)18/h3-5H,2,6H2,1H3,(H,13,16). The van der Waals surface area contributed by atoms with E-state index in [1.165, 1.54) is 12.1 Å². The molecule has 7 nitrogen and oxygen atoms in total. The Hall–Kier alpha value is -1.96. The number of nitrogens with zero attached hydrogens (tertiary/aromatic N) is 1. The number of amides is 1. The predicted molar refractivity (Wildman–Crippen MR) is 69.8 cm³/mol. The number of esters is 1. The van der Waals surface area contributed by atoms with Crippen molar-refractivity contribution >= 4 is 33.5 Å². The number of ether oxygens (including phenoxy) is 1. The van der Waals surface area contributed by atoms with Gasteiger partial charge in [-0.05, 0) is 35.0 Å². The topological polar surface area (TPSA) is 98.5 Å². The summed E-state index contributed by atoms with van der Waals surface area (Å²) in [5.74, 6) is -1.15. The van der Waals surface area contributed by atoms with Crippen LogP contribution >= 0.6 is 15.9 Å². The number of rotatable bonds is 5. The first kappa shape index (κ1) is 15.1. The van der Waals surface area contributed by atoms with E-state index < -0.39 is 16.8 Å². The molecule has 19 heavy (non-hydrogen) atoms. The molecule has 0 radical (unpaired) electrons. The Balaban J connectivity index is 2.75. The maximum atomic E-state index is 11.7. The van der Waals surface area contributed by atoms with Gasteiger partial charge >= 0.3 is 5.97 Å². The molecule has 8 heteroatoms. The van der Waals surface area contributed by atoms with Crippen molar-refractivity contribution in [2.75, 3.05) is 13.2 Å². The molecule has 0 aliphatic rings. The van der Waals surface area contributed by atoms with Gasteiger partial charge in [-0.3, -0.25) is 19.7 Å². The minimum absolute atomic E-state index is 0.0965. The van der Waals surface area contributed by atoms with E-state index >= 15 is 0 Å². The Morgan fingerprint density at radius 1 is 1.47 bits per heavy atom. The highest BCUT2D eigenvalue weighted by molar-refractivity contribution is 9.10. The van der Waals surface area contributed by atoms with Crippen LogP contribution in [0.3, 0.4) is 0 Å². The fourth-order valence-corrected chi connectivity index (χ4v) is 1.65. The van der Waals surface area contributed by atoms with Gasteiger partial charge in [0, 0.05) is 11.6 Å². The van der Waals surface area contributed by atoms with Crippen LogP contribution in [0.25, 0.3) is 0 Å². The summed E-state index contributed by atoms with van der Waals surface area (Å²) in [6.07, 6.45) is 0. The van der Waals surface area contributed by atoms with Crippen LogP contribution in [0.5, 0.6) is 0 Å². The van der Waals surface area contributed by atoms with E-state index in [0.29, 0.717) is 0 Å². The second kappa shape index (κ2) is 6.83. The van der Waals surface area contributed by atoms with Crippen LogP contribution in [0.1, 0.15) is 17.3 Å². The van der Waals surface area contributed by atoms with Crippen LogP contribution in [0.4, 0.5) is 5.69 Å². The van der Waals surface area contributed by atoms with E-state index in [-0.39, 0.29) is 28.9 Å². The molecule has 1 amide bonds. The summed E-state index contributed by atoms with van der Waals surface area (Å²) >= 11 is 3.02. The average Bonchev–Trinajstić information content (AvgIpc) is 2.36. The van der Waals surface area contributed by atoms with Gasteiger partial charge in [0.05, 0.1) is 16.0 Å². The highest BCUT2D eigenvalue weighted by atomic mass is 79.9. The molecule has 0 spiro atoms. The minimum atomic E-state index is -0.605. The SMILES string of the molecule is CCOC(=O)CNC(=O)c1ccc(Br)c([N+](=O)[O-])c1. The number of hydrogen-bond donors (Lipinski definition) is 1. The monoisotopic (exact) mass is 330 g/mol. The van der Waals surface area contributed by atoms with E-state index in [4.69, 9.17) is 0 Å². The zero-order chi connectivity index (χ0) is 14.4. The van der Waals surface area contributed by atoms with Gasteiger partial charge in [0.15, 0.2) is 0 Å². The molecule has 1 aromatic rings. The molecule has 0 atom stereocenters. The summed E-state index contributed by atoms with van der Waals surface area (Å²) in [4.78, 5) is 32.9. The molecule has 0 heterocycles. The number of nitrogens with one attached hydrogen (secondary N) is 1. The molecule has 0 fully saturated rings. The van der Waals surface area contributed by atoms with Crippen LogP contribution < -0.4 is 5.32 Å². The molecule has 0 aliphatic heterocycles. The van der Waals surface area contributed by atoms with E-state index in [2.05, 4.69) is 26.0 Å². The third kappa shape index (κ3) is 4.32. The number of benzene rings is 1. The summed E-state index contributed by atoms with van der Waals surface area (Å²) in [5, 5.41) is 13.0. The zero-order valence-electron chi connectivity index (χ0n) is 10.0. The molecule has 0 aliphatic carbocycles. The van der Waals surface area contributed by atoms with E-state index in [0.717, 1.165) is 6.07 Å². The number of halogens is 1. The second-order valence-corrected chi connectivity index (χ2v) is 4.27. The van der Waals surface area contributed by atoms with Gasteiger partial charge in [0.25, 0.3) is 11.6 Å². The van der Waals surface area contributed by atoms with Crippen molar-refractivity contribution in [2.45, 2.75) is 6.92 Å². The smallest absolute Gasteiger partial charge is 0.325 e. The Bertz CT molecular complexity index is 518. The maximum Gasteiger partial charge on any atom is 0.325 e. The summed E-state index contributed by atoms with van der Waals surface area (Å²) in [6, 6.07) is 3.94. The van der Waals surface area contributed by atoms with Crippen molar-refractivity contribution in [1.82, 2.24) is 5.32 Å². The number of nitro benzene ring substituents is 1. The number of nitro groups is 1. The molecule has 1 aromatic carbocycles. The lowest BCUT2D eigenvalue weighted by molar-refractivity contribution is -0.385. The van der Waals surface area contributed by atoms with Gasteiger partial charge in [-0.1, -0.05) is 0 Å². The minimum Gasteiger partial charge on any atom is -0.465 e. The molecular formula is C11H11BrN2O5. The fourth-order valence-electron chi connectivity index (χ4n) is 1.26. The first-order valence-electron chi connectivity index (χ1n) is 5.33. The summed E-state index contributed by atoms with van der Waals surface area (Å²) < 4.78 is 4.92. The van der Waals surface area contributed by atoms with Gasteiger partial charge in [0.2, 0.25) is 0 Å². The first-order chi connectivity index (χ1) is 8.95. The lowest BCUT2D eigenvalue weighted by Crippen LogP contribution is -2.30. The van der Waals surface area contributed by atoms with Crippen molar-refractivity contribution < 1.29 is 19.2 Å². The lowest BCUT2D eigenvalue weighted by Gasteiger charge is -2.05. The van der Waals surface area contributed by atoms with Crippen molar-refractivity contribution in [3.63, 3.8) is 0 Å². The van der Waals surface area contributed by atoms with Crippen LogP contribution in [0, 0.1) is 10.1 Å². The zero-order valence-corrected chi connectivity index (χ0v) is 11.6. The van der Waals surface area contributed by atoms with Gasteiger partial charge in [-0.15, -0.1) is 0 Å². The van der Waals surface area contributed by atoms with Crippen molar-refractivity contribution in [3.05, 3.63) is 38.3 Å². The number of carbonyl (C=O) groups excluding carboxylic acids is 2. The first-order valence-corrected chi connectivity index (χ1v) is 6.12. The summed E-state index contributed by atoms with van der Waals surface area (Å²) in [7, 11) is 0. The van der Waals surface area contributed by atoms with Crippen LogP contribution in [0.2, 0.25) is 0 Å². The van der Waals surface area contributed by atoms with E-state index in [1.54, 1.807) is 6.92 Å².